The fraction of sp³-hybridized carbons (Fsp3) is 1.00. The zero-order chi connectivity index (χ0) is 12.0. The molecule has 1 rings (SSSR count). The summed E-state index contributed by atoms with van der Waals surface area (Å²) in [4.78, 5) is 0. The van der Waals surface area contributed by atoms with Gasteiger partial charge in [-0.3, -0.25) is 0 Å². The van der Waals surface area contributed by atoms with Crippen LogP contribution in [0.5, 0.6) is 0 Å². The van der Waals surface area contributed by atoms with Gasteiger partial charge in [-0.15, -0.1) is 12.4 Å². The Balaban J connectivity index is 0.00000256. The number of halogens is 1. The van der Waals surface area contributed by atoms with Crippen molar-refractivity contribution < 1.29 is 8.42 Å². The summed E-state index contributed by atoms with van der Waals surface area (Å²) in [5.74, 6) is 0.797. The molecule has 0 aromatic carbocycles. The Kier molecular flexibility index (Phi) is 8.37. The van der Waals surface area contributed by atoms with Gasteiger partial charge in [-0.05, 0) is 38.8 Å². The first kappa shape index (κ1) is 17.2. The topological polar surface area (TPSA) is 49.4 Å². The van der Waals surface area contributed by atoms with Crippen LogP contribution in [0.25, 0.3) is 0 Å². The van der Waals surface area contributed by atoms with Gasteiger partial charge in [-0.1, -0.05) is 13.3 Å². The van der Waals surface area contributed by atoms with Crippen LogP contribution in [-0.2, 0) is 10.0 Å². The van der Waals surface area contributed by atoms with E-state index in [9.17, 15) is 8.42 Å². The number of piperidine rings is 1. The molecule has 1 saturated heterocycles. The molecule has 1 atom stereocenters. The average Bonchev–Trinajstić information content (AvgIpc) is 2.27. The first-order valence-corrected chi connectivity index (χ1v) is 7.83. The highest BCUT2D eigenvalue weighted by Crippen LogP contribution is 2.19. The van der Waals surface area contributed by atoms with Crippen molar-refractivity contribution in [3.8, 4) is 0 Å². The minimum Gasteiger partial charge on any atom is -0.319 e. The van der Waals surface area contributed by atoms with E-state index in [-0.39, 0.29) is 12.4 Å². The van der Waals surface area contributed by atoms with Crippen LogP contribution in [0.3, 0.4) is 0 Å². The number of rotatable bonds is 6. The number of sulfonamides is 1. The van der Waals surface area contributed by atoms with Crippen LogP contribution < -0.4 is 5.32 Å². The maximum atomic E-state index is 12.0. The fourth-order valence-corrected chi connectivity index (χ4v) is 3.95. The van der Waals surface area contributed by atoms with Gasteiger partial charge in [0, 0.05) is 13.1 Å². The molecule has 0 saturated carbocycles. The van der Waals surface area contributed by atoms with Crippen molar-refractivity contribution in [2.24, 2.45) is 5.92 Å². The second-order valence-electron chi connectivity index (χ2n) is 4.59. The molecular formula is C11H25ClN2O2S. The van der Waals surface area contributed by atoms with Gasteiger partial charge in [0.05, 0.1) is 5.75 Å². The maximum Gasteiger partial charge on any atom is 0.214 e. The predicted molar refractivity (Wildman–Crippen MR) is 74.2 cm³/mol. The summed E-state index contributed by atoms with van der Waals surface area (Å²) in [5, 5.41) is 3.13. The van der Waals surface area contributed by atoms with Gasteiger partial charge >= 0.3 is 0 Å². The molecule has 0 aromatic heterocycles. The molecule has 1 N–H and O–H groups in total. The number of hydrogen-bond acceptors (Lipinski definition) is 3. The lowest BCUT2D eigenvalue weighted by Gasteiger charge is -2.31. The van der Waals surface area contributed by atoms with E-state index in [1.54, 1.807) is 4.31 Å². The molecular weight excluding hydrogens is 260 g/mol. The molecule has 0 spiro atoms. The lowest BCUT2D eigenvalue weighted by atomic mass is 10.00. The molecule has 6 heteroatoms. The Morgan fingerprint density at radius 1 is 1.41 bits per heavy atom. The smallest absolute Gasteiger partial charge is 0.214 e. The molecule has 0 amide bonds. The van der Waals surface area contributed by atoms with Crippen LogP contribution >= 0.6 is 12.4 Å². The first-order valence-electron chi connectivity index (χ1n) is 6.22. The maximum absolute atomic E-state index is 12.0. The first-order chi connectivity index (χ1) is 7.60. The molecule has 17 heavy (non-hydrogen) atoms. The molecule has 1 aliphatic rings. The molecule has 1 aliphatic heterocycles. The lowest BCUT2D eigenvalue weighted by Crippen LogP contribution is -2.43. The highest BCUT2D eigenvalue weighted by Gasteiger charge is 2.27. The van der Waals surface area contributed by atoms with E-state index in [0.717, 1.165) is 32.2 Å². The van der Waals surface area contributed by atoms with E-state index >= 15 is 0 Å². The number of nitrogens with one attached hydrogen (secondary N) is 1. The van der Waals surface area contributed by atoms with Crippen molar-refractivity contribution in [1.82, 2.24) is 9.62 Å². The van der Waals surface area contributed by atoms with E-state index in [2.05, 4.69) is 5.32 Å². The second-order valence-corrected chi connectivity index (χ2v) is 6.68. The summed E-state index contributed by atoms with van der Waals surface area (Å²) in [7, 11) is -1.07. The van der Waals surface area contributed by atoms with Gasteiger partial charge in [0.2, 0.25) is 10.0 Å². The van der Waals surface area contributed by atoms with E-state index in [4.69, 9.17) is 0 Å². The third-order valence-corrected chi connectivity index (χ3v) is 5.05. The summed E-state index contributed by atoms with van der Waals surface area (Å²) in [6, 6.07) is 0. The van der Waals surface area contributed by atoms with Gasteiger partial charge in [-0.25, -0.2) is 12.7 Å². The predicted octanol–water partition coefficient (Wildman–Crippen LogP) is 1.47. The van der Waals surface area contributed by atoms with Gasteiger partial charge in [-0.2, -0.15) is 0 Å². The molecule has 1 fully saturated rings. The summed E-state index contributed by atoms with van der Waals surface area (Å²) >= 11 is 0. The van der Waals surface area contributed by atoms with E-state index in [0.29, 0.717) is 24.8 Å². The van der Waals surface area contributed by atoms with Gasteiger partial charge in [0.15, 0.2) is 0 Å². The number of nitrogens with zero attached hydrogens (tertiary/aromatic N) is 1. The number of unbranched alkanes of at least 4 members (excludes halogenated alkanes) is 1. The van der Waals surface area contributed by atoms with Crippen LogP contribution in [0.2, 0.25) is 0 Å². The van der Waals surface area contributed by atoms with Crippen molar-refractivity contribution in [2.45, 2.75) is 32.6 Å². The van der Waals surface area contributed by atoms with E-state index < -0.39 is 10.0 Å². The van der Waals surface area contributed by atoms with Crippen molar-refractivity contribution in [2.75, 3.05) is 32.4 Å². The molecule has 104 valence electrons. The molecule has 1 unspecified atom stereocenters. The lowest BCUT2D eigenvalue weighted by molar-refractivity contribution is 0.263. The SMILES string of the molecule is CCCCS(=O)(=O)N1CCCC(CNC)C1.Cl. The second kappa shape index (κ2) is 8.29. The van der Waals surface area contributed by atoms with Gasteiger partial charge in [0.25, 0.3) is 0 Å². The van der Waals surface area contributed by atoms with Crippen LogP contribution in [0.15, 0.2) is 0 Å². The highest BCUT2D eigenvalue weighted by atomic mass is 35.5. The Bertz CT molecular complexity index is 294. The standard InChI is InChI=1S/C11H24N2O2S.ClH/c1-3-4-8-16(14,15)13-7-5-6-11(10-13)9-12-2;/h11-12H,3-10H2,1-2H3;1H. The Hall–Kier alpha value is 0.160. The van der Waals surface area contributed by atoms with Crippen LogP contribution in [0.4, 0.5) is 0 Å². The summed E-state index contributed by atoms with van der Waals surface area (Å²) in [6.07, 6.45) is 3.85. The number of hydrogen-bond donors (Lipinski definition) is 1. The van der Waals surface area contributed by atoms with Crippen molar-refractivity contribution in [3.63, 3.8) is 0 Å². The van der Waals surface area contributed by atoms with Crippen molar-refractivity contribution >= 4 is 22.4 Å². The van der Waals surface area contributed by atoms with Gasteiger partial charge in [0.1, 0.15) is 0 Å². The van der Waals surface area contributed by atoms with Crippen molar-refractivity contribution in [1.29, 1.82) is 0 Å². The highest BCUT2D eigenvalue weighted by molar-refractivity contribution is 7.89. The zero-order valence-electron chi connectivity index (χ0n) is 10.8. The largest absolute Gasteiger partial charge is 0.319 e. The molecule has 0 bridgehead atoms. The zero-order valence-corrected chi connectivity index (χ0v) is 12.4. The molecule has 4 nitrogen and oxygen atoms in total. The molecule has 1 heterocycles. The Morgan fingerprint density at radius 2 is 2.12 bits per heavy atom. The summed E-state index contributed by atoms with van der Waals surface area (Å²) in [6.45, 7) is 4.36. The third-order valence-electron chi connectivity index (χ3n) is 3.12. The summed E-state index contributed by atoms with van der Waals surface area (Å²) < 4.78 is 25.7. The Labute approximate surface area is 112 Å². The summed E-state index contributed by atoms with van der Waals surface area (Å²) in [5.41, 5.74) is 0. The normalized spacial score (nSPS) is 22.1. The minimum atomic E-state index is -2.99. The Morgan fingerprint density at radius 3 is 2.71 bits per heavy atom. The quantitative estimate of drug-likeness (QED) is 0.804. The molecule has 0 aromatic rings. The minimum absolute atomic E-state index is 0. The van der Waals surface area contributed by atoms with Crippen molar-refractivity contribution in [3.05, 3.63) is 0 Å². The molecule has 0 radical (unpaired) electrons. The van der Waals surface area contributed by atoms with E-state index in [1.807, 2.05) is 14.0 Å². The van der Waals surface area contributed by atoms with E-state index in [1.165, 1.54) is 0 Å². The fourth-order valence-electron chi connectivity index (χ4n) is 2.19. The monoisotopic (exact) mass is 284 g/mol. The van der Waals surface area contributed by atoms with Crippen LogP contribution in [-0.4, -0.2) is 45.2 Å². The van der Waals surface area contributed by atoms with Crippen LogP contribution in [0, 0.1) is 5.92 Å². The van der Waals surface area contributed by atoms with Gasteiger partial charge < -0.3 is 5.32 Å². The average molecular weight is 285 g/mol. The molecule has 0 aliphatic carbocycles. The van der Waals surface area contributed by atoms with Crippen LogP contribution in [0.1, 0.15) is 32.6 Å². The third kappa shape index (κ3) is 5.55.